The maximum Gasteiger partial charge on any atom is 3.00 e. The van der Waals surface area contributed by atoms with Gasteiger partial charge in [0.1, 0.15) is 0 Å². The van der Waals surface area contributed by atoms with Crippen LogP contribution in [0.3, 0.4) is 0 Å². The molecule has 20 heavy (non-hydrogen) atoms. The van der Waals surface area contributed by atoms with Crippen LogP contribution in [0, 0.1) is 5.92 Å². The van der Waals surface area contributed by atoms with Crippen LogP contribution in [0.4, 0.5) is 0 Å². The third kappa shape index (κ3) is 11.8. The fraction of sp³-hybridized carbons (Fsp3) is 0.250. The minimum absolute atomic E-state index is 0. The van der Waals surface area contributed by atoms with Crippen LogP contribution < -0.4 is 37.2 Å². The molecule has 2 rings (SSSR count). The van der Waals surface area contributed by atoms with Gasteiger partial charge in [0.15, 0.2) is 0 Å². The third-order valence-corrected chi connectivity index (χ3v) is 2.59. The van der Waals surface area contributed by atoms with E-state index < -0.39 is 0 Å². The zero-order valence-corrected chi connectivity index (χ0v) is 15.7. The molecule has 0 aromatic heterocycles. The van der Waals surface area contributed by atoms with Crippen molar-refractivity contribution in [3.05, 3.63) is 72.1 Å². The van der Waals surface area contributed by atoms with Crippen molar-refractivity contribution >= 4 is 0 Å². The van der Waals surface area contributed by atoms with E-state index in [1.165, 1.54) is 18.4 Å². The van der Waals surface area contributed by atoms with Crippen molar-refractivity contribution in [1.29, 1.82) is 0 Å². The molecular formula is C16H20Cl3Ti-2. The Hall–Kier alpha value is 0.0243. The largest absolute Gasteiger partial charge is 3.00 e. The van der Waals surface area contributed by atoms with Gasteiger partial charge in [-0.3, -0.25) is 0 Å². The predicted molar refractivity (Wildman–Crippen MR) is 71.4 cm³/mol. The van der Waals surface area contributed by atoms with Crippen molar-refractivity contribution in [3.8, 4) is 0 Å². The molecule has 0 saturated heterocycles. The standard InChI is InChI=1S/C11H15.C5H5.3ClH.Ti/c1-3-10(4-2)11-8-6-5-7-9-11;1-2-4-5-3-1;;;;/h5-9H,3-4H2,1-2H3;1-5H;3*1H;/q2*-1;;;;+3/p-3. The van der Waals surface area contributed by atoms with Crippen molar-refractivity contribution in [1.82, 2.24) is 0 Å². The van der Waals surface area contributed by atoms with Crippen molar-refractivity contribution in [2.45, 2.75) is 26.7 Å². The normalized spacial score (nSPS) is 7.30. The van der Waals surface area contributed by atoms with Crippen molar-refractivity contribution < 1.29 is 58.9 Å². The topological polar surface area (TPSA) is 0 Å². The van der Waals surface area contributed by atoms with Crippen LogP contribution in [0.15, 0.2) is 60.7 Å². The van der Waals surface area contributed by atoms with E-state index >= 15 is 0 Å². The first-order valence-electron chi connectivity index (χ1n) is 5.95. The van der Waals surface area contributed by atoms with Gasteiger partial charge in [-0.2, -0.15) is 41.8 Å². The molecule has 0 fully saturated rings. The summed E-state index contributed by atoms with van der Waals surface area (Å²) in [7, 11) is 0. The van der Waals surface area contributed by atoms with Crippen molar-refractivity contribution in [2.75, 3.05) is 0 Å². The summed E-state index contributed by atoms with van der Waals surface area (Å²) in [5, 5.41) is 0. The molecule has 0 amide bonds. The van der Waals surface area contributed by atoms with E-state index in [1.54, 1.807) is 5.92 Å². The molecule has 0 nitrogen and oxygen atoms in total. The van der Waals surface area contributed by atoms with Gasteiger partial charge in [-0.05, 0) is 0 Å². The molecule has 0 bridgehead atoms. The maximum absolute atomic E-state index is 2.21. The molecule has 4 heteroatoms. The third-order valence-electron chi connectivity index (χ3n) is 2.59. The van der Waals surface area contributed by atoms with E-state index in [-0.39, 0.29) is 58.9 Å². The van der Waals surface area contributed by atoms with Gasteiger partial charge < -0.3 is 37.2 Å². The molecule has 0 spiro atoms. The minimum Gasteiger partial charge on any atom is -1.00 e. The maximum atomic E-state index is 2.21. The van der Waals surface area contributed by atoms with Gasteiger partial charge in [-0.25, -0.2) is 12.1 Å². The number of halogens is 3. The smallest absolute Gasteiger partial charge is 1.00 e. The van der Waals surface area contributed by atoms with Crippen LogP contribution in [0.2, 0.25) is 0 Å². The summed E-state index contributed by atoms with van der Waals surface area (Å²) >= 11 is 0. The second kappa shape index (κ2) is 19.0. The Labute approximate surface area is 157 Å². The van der Waals surface area contributed by atoms with Crippen LogP contribution in [0.1, 0.15) is 32.3 Å². The Kier molecular flexibility index (Phi) is 26.8. The first-order chi connectivity index (χ1) is 7.88. The van der Waals surface area contributed by atoms with Gasteiger partial charge in [0.25, 0.3) is 0 Å². The number of hydrogen-bond donors (Lipinski definition) is 0. The fourth-order valence-corrected chi connectivity index (χ4v) is 1.65. The Morgan fingerprint density at radius 1 is 0.800 bits per heavy atom. The molecule has 0 unspecified atom stereocenters. The molecule has 0 aliphatic heterocycles. The van der Waals surface area contributed by atoms with E-state index in [0.717, 1.165) is 0 Å². The van der Waals surface area contributed by atoms with Crippen molar-refractivity contribution in [3.63, 3.8) is 0 Å². The molecule has 0 aliphatic rings. The number of benzene rings is 1. The van der Waals surface area contributed by atoms with E-state index in [0.29, 0.717) is 0 Å². The van der Waals surface area contributed by atoms with Crippen LogP contribution in [0.25, 0.3) is 0 Å². The molecule has 111 valence electrons. The molecule has 2 aromatic rings. The Morgan fingerprint density at radius 2 is 1.25 bits per heavy atom. The Morgan fingerprint density at radius 3 is 1.55 bits per heavy atom. The van der Waals surface area contributed by atoms with Crippen LogP contribution in [-0.2, 0) is 21.7 Å². The first-order valence-corrected chi connectivity index (χ1v) is 5.95. The second-order valence-corrected chi connectivity index (χ2v) is 3.64. The molecule has 0 atom stereocenters. The summed E-state index contributed by atoms with van der Waals surface area (Å²) in [6, 6.07) is 20.6. The zero-order valence-electron chi connectivity index (χ0n) is 11.8. The molecule has 0 saturated carbocycles. The Balaban J connectivity index is -0.000000124. The van der Waals surface area contributed by atoms with Gasteiger partial charge >= 0.3 is 21.7 Å². The average Bonchev–Trinajstić information content (AvgIpc) is 2.91. The van der Waals surface area contributed by atoms with E-state index in [4.69, 9.17) is 0 Å². The van der Waals surface area contributed by atoms with E-state index in [9.17, 15) is 0 Å². The van der Waals surface area contributed by atoms with Crippen LogP contribution in [-0.4, -0.2) is 0 Å². The Bertz CT molecular complexity index is 328. The summed E-state index contributed by atoms with van der Waals surface area (Å²) in [5.74, 6) is 1.55. The molecule has 1 radical (unpaired) electrons. The summed E-state index contributed by atoms with van der Waals surface area (Å²) in [5.41, 5.74) is 1.40. The molecule has 0 aliphatic carbocycles. The quantitative estimate of drug-likeness (QED) is 0.382. The van der Waals surface area contributed by atoms with Gasteiger partial charge in [-0.1, -0.05) is 32.8 Å². The number of hydrogen-bond acceptors (Lipinski definition) is 0. The molecule has 0 N–H and O–H groups in total. The summed E-state index contributed by atoms with van der Waals surface area (Å²) in [6.45, 7) is 4.43. The molecular weight excluding hydrogens is 346 g/mol. The molecule has 0 heterocycles. The summed E-state index contributed by atoms with van der Waals surface area (Å²) in [6.07, 6.45) is 2.33. The predicted octanol–water partition coefficient (Wildman–Crippen LogP) is -4.16. The number of rotatable bonds is 3. The van der Waals surface area contributed by atoms with Crippen molar-refractivity contribution in [2.24, 2.45) is 0 Å². The minimum atomic E-state index is 0. The molecule has 2 aromatic carbocycles. The van der Waals surface area contributed by atoms with E-state index in [2.05, 4.69) is 44.2 Å². The summed E-state index contributed by atoms with van der Waals surface area (Å²) < 4.78 is 0. The fourth-order valence-electron chi connectivity index (χ4n) is 1.65. The zero-order chi connectivity index (χ0) is 11.6. The second-order valence-electron chi connectivity index (χ2n) is 3.64. The SMILES string of the molecule is CC[C-](CC)c1ccccc1.[Cl-].[Cl-].[Cl-].[Ti+3].c1cc[cH-]c1. The van der Waals surface area contributed by atoms with Gasteiger partial charge in [-0.15, -0.1) is 12.1 Å². The van der Waals surface area contributed by atoms with Crippen LogP contribution in [0.5, 0.6) is 0 Å². The van der Waals surface area contributed by atoms with Crippen LogP contribution >= 0.6 is 0 Å². The first kappa shape index (κ1) is 28.2. The summed E-state index contributed by atoms with van der Waals surface area (Å²) in [4.78, 5) is 0. The average molecular weight is 367 g/mol. The van der Waals surface area contributed by atoms with Gasteiger partial charge in [0.05, 0.1) is 0 Å². The van der Waals surface area contributed by atoms with E-state index in [1.807, 2.05) is 30.3 Å². The van der Waals surface area contributed by atoms with Gasteiger partial charge in [0.2, 0.25) is 0 Å². The monoisotopic (exact) mass is 365 g/mol. The van der Waals surface area contributed by atoms with Gasteiger partial charge in [0, 0.05) is 0 Å².